The van der Waals surface area contributed by atoms with Crippen LogP contribution < -0.4 is 0 Å². The third-order valence-electron chi connectivity index (χ3n) is 2.09. The minimum atomic E-state index is -2.53. The largest absolute Gasteiger partial charge is 0.396 e. The fourth-order valence-electron chi connectivity index (χ4n) is 1.27. The number of hydrogen-bond donors (Lipinski definition) is 1. The SMILES string of the molecule is CC(CO)c1cc(Cl)ccc1C(F)F. The van der Waals surface area contributed by atoms with Gasteiger partial charge in [0, 0.05) is 23.1 Å². The second-order valence-corrected chi connectivity index (χ2v) is 3.59. The molecule has 14 heavy (non-hydrogen) atoms. The first-order valence-corrected chi connectivity index (χ1v) is 4.62. The second-order valence-electron chi connectivity index (χ2n) is 3.16. The smallest absolute Gasteiger partial charge is 0.264 e. The lowest BCUT2D eigenvalue weighted by Crippen LogP contribution is -2.03. The predicted octanol–water partition coefficient (Wildman–Crippen LogP) is 3.37. The van der Waals surface area contributed by atoms with Gasteiger partial charge in [-0.2, -0.15) is 0 Å². The van der Waals surface area contributed by atoms with Crippen molar-refractivity contribution in [1.29, 1.82) is 0 Å². The molecule has 0 saturated carbocycles. The summed E-state index contributed by atoms with van der Waals surface area (Å²) in [6, 6.07) is 4.20. The Labute approximate surface area is 86.3 Å². The van der Waals surface area contributed by atoms with Gasteiger partial charge in [-0.15, -0.1) is 0 Å². The topological polar surface area (TPSA) is 20.2 Å². The third-order valence-corrected chi connectivity index (χ3v) is 2.32. The van der Waals surface area contributed by atoms with Crippen LogP contribution >= 0.6 is 11.6 Å². The first-order chi connectivity index (χ1) is 6.56. The molecule has 0 radical (unpaired) electrons. The summed E-state index contributed by atoms with van der Waals surface area (Å²) in [4.78, 5) is 0. The zero-order valence-electron chi connectivity index (χ0n) is 7.67. The maximum absolute atomic E-state index is 12.5. The normalized spacial score (nSPS) is 13.3. The van der Waals surface area contributed by atoms with Gasteiger partial charge in [0.25, 0.3) is 6.43 Å². The van der Waals surface area contributed by atoms with E-state index in [1.807, 2.05) is 0 Å². The van der Waals surface area contributed by atoms with Gasteiger partial charge in [0.15, 0.2) is 0 Å². The average molecular weight is 221 g/mol. The molecule has 1 atom stereocenters. The highest BCUT2D eigenvalue weighted by Crippen LogP contribution is 2.30. The number of alkyl halides is 2. The third kappa shape index (κ3) is 2.42. The van der Waals surface area contributed by atoms with Crippen LogP contribution in [0.3, 0.4) is 0 Å². The van der Waals surface area contributed by atoms with Crippen LogP contribution in [-0.4, -0.2) is 11.7 Å². The van der Waals surface area contributed by atoms with Crippen LogP contribution in [0, 0.1) is 0 Å². The highest BCUT2D eigenvalue weighted by molar-refractivity contribution is 6.30. The molecule has 1 aromatic rings. The van der Waals surface area contributed by atoms with E-state index < -0.39 is 6.43 Å². The van der Waals surface area contributed by atoms with Gasteiger partial charge in [0.2, 0.25) is 0 Å². The molecule has 1 N–H and O–H groups in total. The minimum Gasteiger partial charge on any atom is -0.396 e. The van der Waals surface area contributed by atoms with E-state index >= 15 is 0 Å². The zero-order chi connectivity index (χ0) is 10.7. The van der Waals surface area contributed by atoms with Crippen molar-refractivity contribution in [2.45, 2.75) is 19.3 Å². The van der Waals surface area contributed by atoms with E-state index in [2.05, 4.69) is 0 Å². The van der Waals surface area contributed by atoms with E-state index in [4.69, 9.17) is 16.7 Å². The first kappa shape index (κ1) is 11.4. The Bertz CT molecular complexity index is 315. The van der Waals surface area contributed by atoms with Crippen molar-refractivity contribution in [3.05, 3.63) is 34.3 Å². The Morgan fingerprint density at radius 2 is 2.00 bits per heavy atom. The van der Waals surface area contributed by atoms with Crippen molar-refractivity contribution in [3.63, 3.8) is 0 Å². The van der Waals surface area contributed by atoms with Crippen LogP contribution in [0.25, 0.3) is 0 Å². The van der Waals surface area contributed by atoms with E-state index in [-0.39, 0.29) is 18.1 Å². The lowest BCUT2D eigenvalue weighted by molar-refractivity contribution is 0.149. The summed E-state index contributed by atoms with van der Waals surface area (Å²) in [5.74, 6) is -0.322. The van der Waals surface area contributed by atoms with Crippen LogP contribution in [0.15, 0.2) is 18.2 Å². The van der Waals surface area contributed by atoms with E-state index in [1.54, 1.807) is 6.92 Å². The van der Waals surface area contributed by atoms with Crippen LogP contribution in [0.4, 0.5) is 8.78 Å². The Morgan fingerprint density at radius 3 is 2.50 bits per heavy atom. The summed E-state index contributed by atoms with van der Waals surface area (Å²) >= 11 is 5.70. The summed E-state index contributed by atoms with van der Waals surface area (Å²) in [6.07, 6.45) is -2.53. The second kappa shape index (κ2) is 4.71. The van der Waals surface area contributed by atoms with Crippen molar-refractivity contribution in [2.75, 3.05) is 6.61 Å². The Morgan fingerprint density at radius 1 is 1.36 bits per heavy atom. The highest BCUT2D eigenvalue weighted by Gasteiger charge is 2.16. The molecule has 0 aliphatic rings. The minimum absolute atomic E-state index is 0.0593. The molecule has 0 saturated heterocycles. The van der Waals surface area contributed by atoms with Gasteiger partial charge >= 0.3 is 0 Å². The molecule has 0 bridgehead atoms. The summed E-state index contributed by atoms with van der Waals surface area (Å²) in [7, 11) is 0. The van der Waals surface area contributed by atoms with Gasteiger partial charge in [-0.1, -0.05) is 24.6 Å². The molecule has 1 unspecified atom stereocenters. The Balaban J connectivity index is 3.15. The molecule has 78 valence electrons. The molecule has 0 heterocycles. The fraction of sp³-hybridized carbons (Fsp3) is 0.400. The van der Waals surface area contributed by atoms with Crippen LogP contribution in [0.2, 0.25) is 5.02 Å². The molecule has 0 aliphatic heterocycles. The Kier molecular flexibility index (Phi) is 3.84. The number of aliphatic hydroxyl groups excluding tert-OH is 1. The quantitative estimate of drug-likeness (QED) is 0.828. The van der Waals surface area contributed by atoms with Crippen molar-refractivity contribution < 1.29 is 13.9 Å². The van der Waals surface area contributed by atoms with E-state index in [1.165, 1.54) is 18.2 Å². The number of aliphatic hydroxyl groups is 1. The summed E-state index contributed by atoms with van der Waals surface area (Å²) in [6.45, 7) is 1.51. The van der Waals surface area contributed by atoms with E-state index in [0.717, 1.165) is 0 Å². The van der Waals surface area contributed by atoms with Gasteiger partial charge in [0.05, 0.1) is 0 Å². The van der Waals surface area contributed by atoms with Crippen molar-refractivity contribution in [2.24, 2.45) is 0 Å². The van der Waals surface area contributed by atoms with Gasteiger partial charge in [-0.25, -0.2) is 8.78 Å². The summed E-state index contributed by atoms with van der Waals surface area (Å²) < 4.78 is 25.1. The number of rotatable bonds is 3. The first-order valence-electron chi connectivity index (χ1n) is 4.24. The van der Waals surface area contributed by atoms with Crippen molar-refractivity contribution in [1.82, 2.24) is 0 Å². The van der Waals surface area contributed by atoms with Crippen LogP contribution in [0.1, 0.15) is 30.4 Å². The monoisotopic (exact) mass is 220 g/mol. The maximum Gasteiger partial charge on any atom is 0.264 e. The molecule has 1 nitrogen and oxygen atoms in total. The molecule has 0 amide bonds. The number of halogens is 3. The molecule has 0 aromatic heterocycles. The molecule has 1 aromatic carbocycles. The molecule has 0 aliphatic carbocycles. The highest BCUT2D eigenvalue weighted by atomic mass is 35.5. The maximum atomic E-state index is 12.5. The van der Waals surface area contributed by atoms with Gasteiger partial charge in [-0.3, -0.25) is 0 Å². The molecule has 0 spiro atoms. The predicted molar refractivity (Wildman–Crippen MR) is 51.9 cm³/mol. The average Bonchev–Trinajstić information content (AvgIpc) is 2.16. The Hall–Kier alpha value is -0.670. The summed E-state index contributed by atoms with van der Waals surface area (Å²) in [5, 5.41) is 9.30. The van der Waals surface area contributed by atoms with Crippen molar-refractivity contribution >= 4 is 11.6 Å². The van der Waals surface area contributed by atoms with E-state index in [9.17, 15) is 8.78 Å². The van der Waals surface area contributed by atoms with Gasteiger partial charge < -0.3 is 5.11 Å². The van der Waals surface area contributed by atoms with Crippen LogP contribution in [-0.2, 0) is 0 Å². The fourth-order valence-corrected chi connectivity index (χ4v) is 1.45. The van der Waals surface area contributed by atoms with Crippen molar-refractivity contribution in [3.8, 4) is 0 Å². The van der Waals surface area contributed by atoms with Crippen LogP contribution in [0.5, 0.6) is 0 Å². The van der Waals surface area contributed by atoms with Gasteiger partial charge in [0.1, 0.15) is 0 Å². The van der Waals surface area contributed by atoms with E-state index in [0.29, 0.717) is 10.6 Å². The molecule has 1 rings (SSSR count). The lowest BCUT2D eigenvalue weighted by atomic mass is 9.96. The van der Waals surface area contributed by atoms with Gasteiger partial charge in [-0.05, 0) is 17.7 Å². The number of hydrogen-bond acceptors (Lipinski definition) is 1. The molecular weight excluding hydrogens is 210 g/mol. The summed E-state index contributed by atoms with van der Waals surface area (Å²) in [5.41, 5.74) is 0.353. The lowest BCUT2D eigenvalue weighted by Gasteiger charge is -2.14. The molecule has 4 heteroatoms. The number of benzene rings is 1. The zero-order valence-corrected chi connectivity index (χ0v) is 8.43. The molecular formula is C10H11ClF2O. The molecule has 0 fully saturated rings. The standard InChI is InChI=1S/C10H11ClF2O/c1-6(5-14)9-4-7(11)2-3-8(9)10(12)13/h2-4,6,10,14H,5H2,1H3.